The van der Waals surface area contributed by atoms with Gasteiger partial charge in [-0.25, -0.2) is 13.4 Å². The van der Waals surface area contributed by atoms with Crippen LogP contribution in [0.4, 0.5) is 10.5 Å². The molecule has 2 fully saturated rings. The normalized spacial score (nSPS) is 19.1. The topological polar surface area (TPSA) is 96.5 Å². The fourth-order valence-electron chi connectivity index (χ4n) is 4.79. The van der Waals surface area contributed by atoms with Crippen molar-refractivity contribution in [2.24, 2.45) is 5.92 Å². The first-order valence-electron chi connectivity index (χ1n) is 14.4. The van der Waals surface area contributed by atoms with Crippen LogP contribution in [0.1, 0.15) is 38.3 Å². The van der Waals surface area contributed by atoms with Crippen LogP contribution in [0.2, 0.25) is 25.7 Å². The molecule has 42 heavy (non-hydrogen) atoms. The summed E-state index contributed by atoms with van der Waals surface area (Å²) in [6.07, 6.45) is 4.55. The van der Waals surface area contributed by atoms with Crippen LogP contribution in [-0.4, -0.2) is 69.5 Å². The molecule has 228 valence electrons. The van der Waals surface area contributed by atoms with E-state index in [1.54, 1.807) is 17.0 Å². The predicted octanol–water partition coefficient (Wildman–Crippen LogP) is 5.77. The highest BCUT2D eigenvalue weighted by Crippen LogP contribution is 2.36. The number of benzene rings is 2. The predicted molar refractivity (Wildman–Crippen MR) is 168 cm³/mol. The zero-order valence-electron chi connectivity index (χ0n) is 25.5. The highest BCUT2D eigenvalue weighted by atomic mass is 32.2. The molecule has 2 aromatic rings. The van der Waals surface area contributed by atoms with Crippen molar-refractivity contribution in [1.82, 2.24) is 9.21 Å². The molecule has 2 heterocycles. The number of amides is 2. The van der Waals surface area contributed by atoms with Gasteiger partial charge in [0.15, 0.2) is 0 Å². The molecule has 0 aliphatic carbocycles. The third-order valence-electron chi connectivity index (χ3n) is 7.11. The van der Waals surface area contributed by atoms with E-state index >= 15 is 0 Å². The summed E-state index contributed by atoms with van der Waals surface area (Å²) in [5.74, 6) is 0.121. The average molecular weight is 614 g/mol. The number of ether oxygens (including phenoxy) is 2. The quantitative estimate of drug-likeness (QED) is 0.334. The maximum absolute atomic E-state index is 13.5. The van der Waals surface area contributed by atoms with Crippen LogP contribution in [0.5, 0.6) is 5.75 Å². The molecule has 2 aliphatic heterocycles. The van der Waals surface area contributed by atoms with Crippen LogP contribution in [0, 0.1) is 5.92 Å². The molecule has 0 saturated carbocycles. The van der Waals surface area contributed by atoms with Crippen LogP contribution in [0.3, 0.4) is 0 Å². The van der Waals surface area contributed by atoms with Gasteiger partial charge in [0.2, 0.25) is 0 Å². The van der Waals surface area contributed by atoms with Crippen molar-refractivity contribution in [2.45, 2.75) is 65.1 Å². The molecule has 0 aromatic heterocycles. The molecule has 0 spiro atoms. The zero-order valence-corrected chi connectivity index (χ0v) is 27.3. The van der Waals surface area contributed by atoms with Gasteiger partial charge in [-0.1, -0.05) is 68.2 Å². The summed E-state index contributed by atoms with van der Waals surface area (Å²) in [6.45, 7) is 13.4. The number of carbonyl (C=O) groups excluding carboxylic acids is 2. The summed E-state index contributed by atoms with van der Waals surface area (Å²) in [6, 6.07) is 15.7. The number of rotatable bonds is 9. The fraction of sp³-hybridized carbons (Fsp3) is 0.484. The second kappa shape index (κ2) is 12.5. The molecular weight excluding hydrogens is 571 g/mol. The van der Waals surface area contributed by atoms with Crippen molar-refractivity contribution >= 4 is 42.0 Å². The number of likely N-dealkylation sites (tertiary alicyclic amines) is 1. The SMILES string of the molecule is CC(C)(C)OC(=O)N1CCC(/C=C/c2ccc(N3CC(=O)N(CC[Si](C)(C)C)S3(=O)=O)c(OCc3ccccc3)c2)C1. The van der Waals surface area contributed by atoms with Crippen molar-refractivity contribution in [3.05, 3.63) is 65.7 Å². The van der Waals surface area contributed by atoms with E-state index in [-0.39, 0.29) is 31.7 Å². The van der Waals surface area contributed by atoms with Crippen LogP contribution < -0.4 is 9.04 Å². The van der Waals surface area contributed by atoms with Gasteiger partial charge in [-0.2, -0.15) is 8.42 Å². The molecule has 11 heteroatoms. The third kappa shape index (κ3) is 8.16. The van der Waals surface area contributed by atoms with E-state index < -0.39 is 29.8 Å². The lowest BCUT2D eigenvalue weighted by Gasteiger charge is -2.24. The molecule has 9 nitrogen and oxygen atoms in total. The van der Waals surface area contributed by atoms with Crippen LogP contribution in [0.15, 0.2) is 54.6 Å². The van der Waals surface area contributed by atoms with Crippen LogP contribution in [-0.2, 0) is 26.3 Å². The van der Waals surface area contributed by atoms with Gasteiger partial charge < -0.3 is 14.4 Å². The minimum absolute atomic E-state index is 0.169. The van der Waals surface area contributed by atoms with E-state index in [0.717, 1.165) is 26.2 Å². The van der Waals surface area contributed by atoms with E-state index in [0.29, 0.717) is 30.6 Å². The third-order valence-corrected chi connectivity index (χ3v) is 10.7. The largest absolute Gasteiger partial charge is 0.487 e. The highest BCUT2D eigenvalue weighted by molar-refractivity contribution is 7.91. The van der Waals surface area contributed by atoms with E-state index in [1.165, 1.54) is 0 Å². The number of hydrogen-bond donors (Lipinski definition) is 0. The van der Waals surface area contributed by atoms with Crippen molar-refractivity contribution in [2.75, 3.05) is 30.5 Å². The van der Waals surface area contributed by atoms with Gasteiger partial charge in [0.25, 0.3) is 5.91 Å². The molecule has 2 aliphatic rings. The van der Waals surface area contributed by atoms with E-state index in [4.69, 9.17) is 9.47 Å². The van der Waals surface area contributed by atoms with Crippen LogP contribution >= 0.6 is 0 Å². The summed E-state index contributed by atoms with van der Waals surface area (Å²) in [4.78, 5) is 27.1. The Bertz CT molecular complexity index is 1420. The Kier molecular flexibility index (Phi) is 9.41. The molecule has 2 amide bonds. The minimum Gasteiger partial charge on any atom is -0.487 e. The Labute approximate surface area is 251 Å². The molecule has 2 saturated heterocycles. The highest BCUT2D eigenvalue weighted by Gasteiger charge is 2.44. The zero-order chi connectivity index (χ0) is 30.7. The summed E-state index contributed by atoms with van der Waals surface area (Å²) < 4.78 is 40.9. The molecule has 4 rings (SSSR count). The van der Waals surface area contributed by atoms with Gasteiger partial charge in [0.1, 0.15) is 24.5 Å². The Morgan fingerprint density at radius 3 is 2.48 bits per heavy atom. The van der Waals surface area contributed by atoms with E-state index in [2.05, 4.69) is 25.7 Å². The Hall–Kier alpha value is -3.31. The molecule has 0 bridgehead atoms. The molecule has 1 unspecified atom stereocenters. The second-order valence-electron chi connectivity index (χ2n) is 13.1. The van der Waals surface area contributed by atoms with E-state index in [9.17, 15) is 18.0 Å². The van der Waals surface area contributed by atoms with Crippen LogP contribution in [0.25, 0.3) is 6.08 Å². The summed E-state index contributed by atoms with van der Waals surface area (Å²) >= 11 is 0. The molecular formula is C31H43N3O6SSi. The minimum atomic E-state index is -4.03. The lowest BCUT2D eigenvalue weighted by molar-refractivity contribution is -0.123. The lowest BCUT2D eigenvalue weighted by atomic mass is 10.1. The Morgan fingerprint density at radius 1 is 1.10 bits per heavy atom. The average Bonchev–Trinajstić information content (AvgIpc) is 3.46. The van der Waals surface area contributed by atoms with Crippen molar-refractivity contribution < 1.29 is 27.5 Å². The van der Waals surface area contributed by atoms with Gasteiger partial charge in [-0.3, -0.25) is 4.79 Å². The van der Waals surface area contributed by atoms with E-state index in [1.807, 2.05) is 63.2 Å². The van der Waals surface area contributed by atoms with Gasteiger partial charge in [0, 0.05) is 27.7 Å². The van der Waals surface area contributed by atoms with Crippen molar-refractivity contribution in [3.8, 4) is 5.75 Å². The monoisotopic (exact) mass is 613 g/mol. The number of hydrogen-bond acceptors (Lipinski definition) is 6. The molecule has 0 N–H and O–H groups in total. The van der Waals surface area contributed by atoms with Gasteiger partial charge in [-0.05, 0) is 62.4 Å². The second-order valence-corrected chi connectivity index (χ2v) is 20.5. The summed E-state index contributed by atoms with van der Waals surface area (Å²) in [7, 11) is -5.60. The molecule has 0 radical (unpaired) electrons. The Morgan fingerprint density at radius 2 is 1.81 bits per heavy atom. The first-order valence-corrected chi connectivity index (χ1v) is 19.5. The number of anilines is 1. The smallest absolute Gasteiger partial charge is 0.410 e. The number of nitrogens with zero attached hydrogens (tertiary/aromatic N) is 3. The van der Waals surface area contributed by atoms with Crippen molar-refractivity contribution in [3.63, 3.8) is 0 Å². The van der Waals surface area contributed by atoms with Gasteiger partial charge >= 0.3 is 16.3 Å². The summed E-state index contributed by atoms with van der Waals surface area (Å²) in [5, 5.41) is 0. The standard InChI is InChI=1S/C31H43N3O6SSi/c1-31(2,3)40-30(36)32-17-16-25(21-32)13-12-24-14-15-27(28(20-24)39-23-26-10-8-7-9-11-26)34-22-29(35)33(41(34,37)38)18-19-42(4,5)6/h7-15,20,25H,16-19,21-23H2,1-6H3/b13-12+. The molecule has 1 atom stereocenters. The lowest BCUT2D eigenvalue weighted by Crippen LogP contribution is -2.37. The first kappa shape index (κ1) is 31.6. The Balaban J connectivity index is 1.55. The fourth-order valence-corrected chi connectivity index (χ4v) is 7.40. The first-order chi connectivity index (χ1) is 19.6. The molecule has 2 aromatic carbocycles. The van der Waals surface area contributed by atoms with Gasteiger partial charge in [-0.15, -0.1) is 0 Å². The summed E-state index contributed by atoms with van der Waals surface area (Å²) in [5.41, 5.74) is 1.57. The maximum atomic E-state index is 13.5. The van der Waals surface area contributed by atoms with Gasteiger partial charge in [0.05, 0.1) is 5.69 Å². The van der Waals surface area contributed by atoms with Crippen molar-refractivity contribution in [1.29, 1.82) is 0 Å². The number of carbonyl (C=O) groups is 2. The maximum Gasteiger partial charge on any atom is 0.410 e.